The number of hydrazone groups is 1. The Morgan fingerprint density at radius 3 is 2.80 bits per heavy atom. The molecule has 2 rings (SSSR count). The van der Waals surface area contributed by atoms with Gasteiger partial charge in [-0.15, -0.1) is 5.10 Å². The Hall–Kier alpha value is -4.23. The number of hydrogen-bond acceptors (Lipinski definition) is 10. The van der Waals surface area contributed by atoms with Crippen LogP contribution in [0.3, 0.4) is 0 Å². The van der Waals surface area contributed by atoms with Gasteiger partial charge in [0.2, 0.25) is 17.5 Å². The molecule has 0 aliphatic heterocycles. The molecule has 1 aromatic heterocycles. The van der Waals surface area contributed by atoms with Crippen molar-refractivity contribution in [2.45, 2.75) is 13.3 Å². The zero-order valence-electron chi connectivity index (χ0n) is 16.1. The highest BCUT2D eigenvalue weighted by molar-refractivity contribution is 5.85. The number of amides is 1. The second-order valence-electron chi connectivity index (χ2n) is 5.59. The zero-order chi connectivity index (χ0) is 22.1. The molecule has 0 spiro atoms. The number of rotatable bonds is 10. The molecule has 0 saturated heterocycles. The largest absolute Gasteiger partial charge is 0.490 e. The number of anilines is 1. The molecule has 0 fully saturated rings. The van der Waals surface area contributed by atoms with Gasteiger partial charge < -0.3 is 14.8 Å². The number of nitro benzene ring substituents is 1. The van der Waals surface area contributed by atoms with Gasteiger partial charge in [-0.2, -0.15) is 5.10 Å². The number of nitrogens with one attached hydrogen (secondary N) is 4. The molecule has 14 heteroatoms. The van der Waals surface area contributed by atoms with Gasteiger partial charge in [-0.25, -0.2) is 15.3 Å². The van der Waals surface area contributed by atoms with E-state index < -0.39 is 22.1 Å². The average molecular weight is 421 g/mol. The lowest BCUT2D eigenvalue weighted by Crippen LogP contribution is -2.28. The van der Waals surface area contributed by atoms with Crippen molar-refractivity contribution < 1.29 is 19.2 Å². The Labute approximate surface area is 168 Å². The summed E-state index contributed by atoms with van der Waals surface area (Å²) in [6.07, 6.45) is 1.15. The van der Waals surface area contributed by atoms with E-state index in [1.165, 1.54) is 25.5 Å². The van der Waals surface area contributed by atoms with Crippen molar-refractivity contribution in [3.05, 3.63) is 48.6 Å². The summed E-state index contributed by atoms with van der Waals surface area (Å²) in [6, 6.07) is 2.72. The average Bonchev–Trinajstić information content (AvgIpc) is 2.69. The molecular formula is C16H19N7O7. The van der Waals surface area contributed by atoms with Gasteiger partial charge >= 0.3 is 11.4 Å². The van der Waals surface area contributed by atoms with Crippen molar-refractivity contribution in [1.82, 2.24) is 20.6 Å². The van der Waals surface area contributed by atoms with Crippen LogP contribution in [0.2, 0.25) is 0 Å². The Bertz CT molecular complexity index is 1060. The lowest BCUT2D eigenvalue weighted by molar-refractivity contribution is -0.385. The van der Waals surface area contributed by atoms with E-state index in [1.807, 2.05) is 4.98 Å². The molecule has 160 valence electrons. The Kier molecular flexibility index (Phi) is 7.61. The fourth-order valence-corrected chi connectivity index (χ4v) is 2.28. The molecule has 4 N–H and O–H groups in total. The number of aromatic amines is 2. The normalized spacial score (nSPS) is 10.6. The van der Waals surface area contributed by atoms with Crippen LogP contribution in [0.25, 0.3) is 0 Å². The van der Waals surface area contributed by atoms with E-state index in [-0.39, 0.29) is 42.6 Å². The Morgan fingerprint density at radius 2 is 2.17 bits per heavy atom. The van der Waals surface area contributed by atoms with Gasteiger partial charge in [0.05, 0.1) is 24.9 Å². The van der Waals surface area contributed by atoms with Crippen LogP contribution in [0, 0.1) is 10.1 Å². The standard InChI is InChI=1S/C16H19N7O7/c1-3-30-11-7-9(6-10(23(27)28)13(11)29-2)8-18-20-12(24)4-5-17-14-15(25)19-16(26)22-21-14/h6-8H,3-5H2,1-2H3,(H,17,21)(H,20,24)(H2,19,22,25,26)/b18-8+. The summed E-state index contributed by atoms with van der Waals surface area (Å²) >= 11 is 0. The molecule has 0 unspecified atom stereocenters. The molecule has 0 aliphatic rings. The van der Waals surface area contributed by atoms with Crippen LogP contribution in [-0.4, -0.2) is 52.5 Å². The number of nitro groups is 1. The fraction of sp³-hybridized carbons (Fsp3) is 0.312. The zero-order valence-corrected chi connectivity index (χ0v) is 16.1. The third kappa shape index (κ3) is 5.88. The quantitative estimate of drug-likeness (QED) is 0.227. The summed E-state index contributed by atoms with van der Waals surface area (Å²) < 4.78 is 10.4. The summed E-state index contributed by atoms with van der Waals surface area (Å²) in [5, 5.41) is 23.1. The van der Waals surface area contributed by atoms with E-state index in [1.54, 1.807) is 6.92 Å². The van der Waals surface area contributed by atoms with E-state index in [9.17, 15) is 24.5 Å². The number of nitrogens with zero attached hydrogens (tertiary/aromatic N) is 3. The summed E-state index contributed by atoms with van der Waals surface area (Å²) in [6.45, 7) is 2.04. The monoisotopic (exact) mass is 421 g/mol. The number of H-pyrrole nitrogens is 2. The van der Waals surface area contributed by atoms with Crippen LogP contribution < -0.4 is 31.5 Å². The van der Waals surface area contributed by atoms with Crippen molar-refractivity contribution in [1.29, 1.82) is 0 Å². The highest BCUT2D eigenvalue weighted by Crippen LogP contribution is 2.37. The SMILES string of the molecule is CCOc1cc(/C=N/NC(=O)CCNc2n[nH]c(=O)[nH]c2=O)cc([N+](=O)[O-])c1OC. The first-order chi connectivity index (χ1) is 14.3. The van der Waals surface area contributed by atoms with Crippen molar-refractivity contribution in [3.8, 4) is 11.5 Å². The minimum atomic E-state index is -0.746. The molecule has 30 heavy (non-hydrogen) atoms. The van der Waals surface area contributed by atoms with Crippen molar-refractivity contribution >= 4 is 23.6 Å². The van der Waals surface area contributed by atoms with Crippen LogP contribution in [0.15, 0.2) is 26.8 Å². The summed E-state index contributed by atoms with van der Waals surface area (Å²) in [7, 11) is 1.29. The predicted molar refractivity (Wildman–Crippen MR) is 105 cm³/mol. The number of aromatic nitrogens is 3. The third-order valence-corrected chi connectivity index (χ3v) is 3.52. The second kappa shape index (κ2) is 10.4. The minimum absolute atomic E-state index is 0.0139. The van der Waals surface area contributed by atoms with Gasteiger partial charge in [0, 0.05) is 24.6 Å². The van der Waals surface area contributed by atoms with Gasteiger partial charge in [0.25, 0.3) is 5.56 Å². The van der Waals surface area contributed by atoms with Gasteiger partial charge in [-0.05, 0) is 13.0 Å². The van der Waals surface area contributed by atoms with Crippen LogP contribution in [-0.2, 0) is 4.79 Å². The lowest BCUT2D eigenvalue weighted by Gasteiger charge is -2.10. The topological polar surface area (TPSA) is 194 Å². The molecular weight excluding hydrogens is 402 g/mol. The molecule has 0 saturated carbocycles. The van der Waals surface area contributed by atoms with Crippen molar-refractivity contribution in [3.63, 3.8) is 0 Å². The third-order valence-electron chi connectivity index (χ3n) is 3.52. The van der Waals surface area contributed by atoms with E-state index in [0.717, 1.165) is 0 Å². The molecule has 1 heterocycles. The number of benzene rings is 1. The number of methoxy groups -OCH3 is 1. The molecule has 1 amide bonds. The van der Waals surface area contributed by atoms with Crippen LogP contribution in [0.5, 0.6) is 11.5 Å². The molecule has 1 aromatic carbocycles. The summed E-state index contributed by atoms with van der Waals surface area (Å²) in [5.41, 5.74) is 0.796. The van der Waals surface area contributed by atoms with Crippen LogP contribution >= 0.6 is 0 Å². The summed E-state index contributed by atoms with van der Waals surface area (Å²) in [5.74, 6) is -0.475. The first-order valence-electron chi connectivity index (χ1n) is 8.59. The second-order valence-corrected chi connectivity index (χ2v) is 5.59. The maximum Gasteiger partial charge on any atom is 0.342 e. The lowest BCUT2D eigenvalue weighted by atomic mass is 10.2. The smallest absolute Gasteiger partial charge is 0.342 e. The van der Waals surface area contributed by atoms with Crippen molar-refractivity contribution in [2.24, 2.45) is 5.10 Å². The van der Waals surface area contributed by atoms with Crippen LogP contribution in [0.1, 0.15) is 18.9 Å². The molecule has 0 radical (unpaired) electrons. The molecule has 14 nitrogen and oxygen atoms in total. The number of hydrogen-bond donors (Lipinski definition) is 4. The number of ether oxygens (including phenoxy) is 2. The predicted octanol–water partition coefficient (Wildman–Crippen LogP) is -0.274. The molecule has 0 atom stereocenters. The van der Waals surface area contributed by atoms with Crippen molar-refractivity contribution in [2.75, 3.05) is 25.6 Å². The minimum Gasteiger partial charge on any atom is -0.490 e. The number of carbonyl (C=O) groups excluding carboxylic acids is 1. The van der Waals surface area contributed by atoms with Gasteiger partial charge in [0.1, 0.15) is 0 Å². The van der Waals surface area contributed by atoms with E-state index >= 15 is 0 Å². The maximum atomic E-state index is 11.8. The van der Waals surface area contributed by atoms with E-state index in [0.29, 0.717) is 5.56 Å². The molecule has 0 bridgehead atoms. The van der Waals surface area contributed by atoms with Gasteiger partial charge in [0.15, 0.2) is 5.75 Å². The first kappa shape index (κ1) is 22.1. The Balaban J connectivity index is 1.98. The van der Waals surface area contributed by atoms with Crippen LogP contribution in [0.4, 0.5) is 11.5 Å². The molecule has 0 aliphatic carbocycles. The van der Waals surface area contributed by atoms with Gasteiger partial charge in [-0.1, -0.05) is 0 Å². The first-order valence-corrected chi connectivity index (χ1v) is 8.59. The van der Waals surface area contributed by atoms with E-state index in [4.69, 9.17) is 9.47 Å². The highest BCUT2D eigenvalue weighted by atomic mass is 16.6. The van der Waals surface area contributed by atoms with E-state index in [2.05, 4.69) is 26.0 Å². The Morgan fingerprint density at radius 1 is 1.40 bits per heavy atom. The fourth-order valence-electron chi connectivity index (χ4n) is 2.28. The number of carbonyl (C=O) groups is 1. The summed E-state index contributed by atoms with van der Waals surface area (Å²) in [4.78, 5) is 46.8. The highest BCUT2D eigenvalue weighted by Gasteiger charge is 2.21. The maximum absolute atomic E-state index is 11.8. The molecule has 2 aromatic rings. The van der Waals surface area contributed by atoms with Gasteiger partial charge in [-0.3, -0.25) is 24.7 Å².